The first-order chi connectivity index (χ1) is 15.2. The molecule has 1 N–H and O–H groups in total. The van der Waals surface area contributed by atoms with Crippen LogP contribution in [-0.2, 0) is 33.5 Å². The summed E-state index contributed by atoms with van der Waals surface area (Å²) in [7, 11) is 1.28. The number of carbonyl (C=O) groups excluding carboxylic acids is 2. The number of likely N-dealkylation sites (tertiary alicyclic amines) is 1. The van der Waals surface area contributed by atoms with Crippen LogP contribution in [0.5, 0.6) is 0 Å². The van der Waals surface area contributed by atoms with E-state index in [1.807, 2.05) is 31.2 Å². The highest BCUT2D eigenvalue weighted by molar-refractivity contribution is 5.78. The average molecular weight is 448 g/mol. The van der Waals surface area contributed by atoms with Gasteiger partial charge in [0, 0.05) is 25.6 Å². The second kappa shape index (κ2) is 10.2. The van der Waals surface area contributed by atoms with Crippen molar-refractivity contribution in [1.82, 2.24) is 10.2 Å². The van der Waals surface area contributed by atoms with E-state index >= 15 is 0 Å². The van der Waals surface area contributed by atoms with Crippen molar-refractivity contribution in [3.05, 3.63) is 70.8 Å². The molecule has 0 aromatic heterocycles. The van der Waals surface area contributed by atoms with Crippen molar-refractivity contribution in [3.8, 4) is 0 Å². The van der Waals surface area contributed by atoms with Gasteiger partial charge in [-0.3, -0.25) is 14.5 Å². The quantitative estimate of drug-likeness (QED) is 0.654. The van der Waals surface area contributed by atoms with Crippen LogP contribution in [0.15, 0.2) is 48.5 Å². The number of alkyl halides is 3. The summed E-state index contributed by atoms with van der Waals surface area (Å²) in [4.78, 5) is 26.4. The zero-order chi connectivity index (χ0) is 23.3. The molecule has 2 aromatic rings. The van der Waals surface area contributed by atoms with Crippen molar-refractivity contribution in [2.45, 2.75) is 51.0 Å². The number of amides is 1. The number of esters is 1. The molecule has 0 saturated carbocycles. The first-order valence-electron chi connectivity index (χ1n) is 10.5. The zero-order valence-electron chi connectivity index (χ0n) is 18.1. The minimum absolute atomic E-state index is 0.125. The Balaban J connectivity index is 1.61. The van der Waals surface area contributed by atoms with E-state index in [2.05, 4.69) is 5.32 Å². The third-order valence-corrected chi connectivity index (χ3v) is 5.64. The highest BCUT2D eigenvalue weighted by Crippen LogP contribution is 2.30. The van der Waals surface area contributed by atoms with Gasteiger partial charge in [0.15, 0.2) is 0 Å². The number of hydrogen-bond acceptors (Lipinski definition) is 4. The molecule has 0 aliphatic carbocycles. The first-order valence-corrected chi connectivity index (χ1v) is 10.5. The first kappa shape index (κ1) is 23.8. The number of benzene rings is 2. The Morgan fingerprint density at radius 1 is 1.12 bits per heavy atom. The zero-order valence-corrected chi connectivity index (χ0v) is 18.1. The fourth-order valence-electron chi connectivity index (χ4n) is 3.96. The molecular formula is C24H27F3N2O3. The summed E-state index contributed by atoms with van der Waals surface area (Å²) in [6.07, 6.45) is -3.16. The van der Waals surface area contributed by atoms with Crippen LogP contribution in [0.3, 0.4) is 0 Å². The highest BCUT2D eigenvalue weighted by atomic mass is 19.4. The lowest BCUT2D eigenvalue weighted by molar-refractivity contribution is -0.146. The van der Waals surface area contributed by atoms with Crippen LogP contribution >= 0.6 is 0 Å². The molecule has 0 spiro atoms. The Bertz CT molecular complexity index is 944. The van der Waals surface area contributed by atoms with E-state index in [0.29, 0.717) is 31.4 Å². The fraction of sp³-hybridized carbons (Fsp3) is 0.417. The highest BCUT2D eigenvalue weighted by Gasteiger charge is 2.38. The molecule has 1 saturated heterocycles. The van der Waals surface area contributed by atoms with Crippen molar-refractivity contribution >= 4 is 11.9 Å². The van der Waals surface area contributed by atoms with E-state index in [0.717, 1.165) is 23.3 Å². The molecule has 0 unspecified atom stereocenters. The molecule has 1 aliphatic heterocycles. The van der Waals surface area contributed by atoms with Crippen LogP contribution in [0.2, 0.25) is 0 Å². The molecule has 172 valence electrons. The number of carbonyl (C=O) groups is 2. The molecule has 1 fully saturated rings. The third kappa shape index (κ3) is 6.32. The SMILES string of the molecule is COC(=O)[C@@H]1C[C@@H](NC(=O)CCc2ccc(C)cc2)CN1Cc1cccc(C(F)(F)F)c1. The van der Waals surface area contributed by atoms with Gasteiger partial charge in [-0.1, -0.05) is 48.0 Å². The van der Waals surface area contributed by atoms with E-state index in [9.17, 15) is 22.8 Å². The molecule has 32 heavy (non-hydrogen) atoms. The topological polar surface area (TPSA) is 58.6 Å². The number of rotatable bonds is 7. The van der Waals surface area contributed by atoms with Gasteiger partial charge in [0.1, 0.15) is 6.04 Å². The Labute approximate surface area is 185 Å². The lowest BCUT2D eigenvalue weighted by Gasteiger charge is -2.22. The van der Waals surface area contributed by atoms with Gasteiger partial charge >= 0.3 is 12.1 Å². The maximum absolute atomic E-state index is 13.0. The summed E-state index contributed by atoms with van der Waals surface area (Å²) in [5.74, 6) is -0.589. The summed E-state index contributed by atoms with van der Waals surface area (Å²) in [6, 6.07) is 12.1. The van der Waals surface area contributed by atoms with Crippen molar-refractivity contribution in [2.24, 2.45) is 0 Å². The number of halogens is 3. The molecule has 5 nitrogen and oxygen atoms in total. The van der Waals surface area contributed by atoms with Gasteiger partial charge in [-0.25, -0.2) is 0 Å². The summed E-state index contributed by atoms with van der Waals surface area (Å²) in [5, 5.41) is 2.95. The lowest BCUT2D eigenvalue weighted by Crippen LogP contribution is -2.37. The molecule has 2 atom stereocenters. The van der Waals surface area contributed by atoms with Crippen LogP contribution < -0.4 is 5.32 Å². The summed E-state index contributed by atoms with van der Waals surface area (Å²) >= 11 is 0. The summed E-state index contributed by atoms with van der Waals surface area (Å²) in [6.45, 7) is 2.51. The van der Waals surface area contributed by atoms with E-state index in [1.54, 1.807) is 11.0 Å². The van der Waals surface area contributed by atoms with Crippen LogP contribution in [0.25, 0.3) is 0 Å². The van der Waals surface area contributed by atoms with Gasteiger partial charge in [-0.05, 0) is 37.0 Å². The largest absolute Gasteiger partial charge is 0.468 e. The lowest BCUT2D eigenvalue weighted by atomic mass is 10.1. The van der Waals surface area contributed by atoms with Gasteiger partial charge in [-0.15, -0.1) is 0 Å². The molecule has 1 aliphatic rings. The number of nitrogens with zero attached hydrogens (tertiary/aromatic N) is 1. The Morgan fingerprint density at radius 2 is 1.84 bits per heavy atom. The summed E-state index contributed by atoms with van der Waals surface area (Å²) < 4.78 is 44.0. The number of aryl methyl sites for hydroxylation is 2. The van der Waals surface area contributed by atoms with Crippen LogP contribution in [-0.4, -0.2) is 42.5 Å². The number of ether oxygens (including phenoxy) is 1. The van der Waals surface area contributed by atoms with Gasteiger partial charge < -0.3 is 10.1 Å². The van der Waals surface area contributed by atoms with E-state index in [1.165, 1.54) is 13.2 Å². The second-order valence-electron chi connectivity index (χ2n) is 8.15. The Kier molecular flexibility index (Phi) is 7.56. The van der Waals surface area contributed by atoms with Crippen molar-refractivity contribution < 1.29 is 27.5 Å². The van der Waals surface area contributed by atoms with E-state index in [4.69, 9.17) is 4.74 Å². The molecule has 0 bridgehead atoms. The molecule has 1 heterocycles. The van der Waals surface area contributed by atoms with Gasteiger partial charge in [-0.2, -0.15) is 13.2 Å². The Hall–Kier alpha value is -2.87. The normalized spacial score (nSPS) is 19.0. The maximum atomic E-state index is 13.0. The van der Waals surface area contributed by atoms with Gasteiger partial charge in [0.2, 0.25) is 5.91 Å². The molecule has 8 heteroatoms. The number of nitrogens with one attached hydrogen (secondary N) is 1. The molecule has 0 radical (unpaired) electrons. The van der Waals surface area contributed by atoms with Crippen molar-refractivity contribution in [1.29, 1.82) is 0 Å². The predicted molar refractivity (Wildman–Crippen MR) is 114 cm³/mol. The molecular weight excluding hydrogens is 421 g/mol. The van der Waals surface area contributed by atoms with Crippen LogP contribution in [0.4, 0.5) is 13.2 Å². The van der Waals surface area contributed by atoms with Crippen molar-refractivity contribution in [3.63, 3.8) is 0 Å². The fourth-order valence-corrected chi connectivity index (χ4v) is 3.96. The number of methoxy groups -OCH3 is 1. The molecule has 3 rings (SSSR count). The third-order valence-electron chi connectivity index (χ3n) is 5.64. The van der Waals surface area contributed by atoms with Crippen LogP contribution in [0.1, 0.15) is 35.1 Å². The minimum atomic E-state index is -4.43. The second-order valence-corrected chi connectivity index (χ2v) is 8.15. The minimum Gasteiger partial charge on any atom is -0.468 e. The summed E-state index contributed by atoms with van der Waals surface area (Å²) in [5.41, 5.74) is 1.93. The molecule has 2 aromatic carbocycles. The van der Waals surface area contributed by atoms with Gasteiger partial charge in [0.05, 0.1) is 12.7 Å². The standard InChI is InChI=1S/C24H27F3N2O3/c1-16-6-8-17(9-7-16)10-11-22(30)28-20-13-21(23(31)32-2)29(15-20)14-18-4-3-5-19(12-18)24(25,26)27/h3-9,12,20-21H,10-11,13-15H2,1-2H3,(H,28,30)/t20-,21+/m1/s1. The Morgan fingerprint density at radius 3 is 2.50 bits per heavy atom. The monoisotopic (exact) mass is 448 g/mol. The van der Waals surface area contributed by atoms with E-state index in [-0.39, 0.29) is 18.5 Å². The van der Waals surface area contributed by atoms with E-state index < -0.39 is 23.8 Å². The van der Waals surface area contributed by atoms with Crippen molar-refractivity contribution in [2.75, 3.05) is 13.7 Å². The smallest absolute Gasteiger partial charge is 0.416 e. The average Bonchev–Trinajstić information content (AvgIpc) is 3.14. The van der Waals surface area contributed by atoms with Gasteiger partial charge in [0.25, 0.3) is 0 Å². The maximum Gasteiger partial charge on any atom is 0.416 e. The van der Waals surface area contributed by atoms with Crippen LogP contribution in [0, 0.1) is 6.92 Å². The predicted octanol–water partition coefficient (Wildman–Crippen LogP) is 3.88. The molecule has 1 amide bonds. The number of hydrogen-bond donors (Lipinski definition) is 1.